The number of fused-ring (bicyclic) bond motifs is 3. The Labute approximate surface area is 433 Å². The third-order valence-electron chi connectivity index (χ3n) is 17.4. The third kappa shape index (κ3) is 9.83. The van der Waals surface area contributed by atoms with Crippen molar-refractivity contribution in [1.82, 2.24) is 19.6 Å². The minimum atomic E-state index is -4.63. The Bertz CT molecular complexity index is 3040. The molecule has 2 aliphatic carbocycles. The Morgan fingerprint density at radius 2 is 1.69 bits per heavy atom. The van der Waals surface area contributed by atoms with Gasteiger partial charge in [-0.2, -0.15) is 4.98 Å². The van der Waals surface area contributed by atoms with Crippen molar-refractivity contribution in [3.63, 3.8) is 0 Å². The lowest BCUT2D eigenvalue weighted by molar-refractivity contribution is -0.384. The van der Waals surface area contributed by atoms with Crippen LogP contribution in [0.25, 0.3) is 11.0 Å². The van der Waals surface area contributed by atoms with Gasteiger partial charge in [-0.15, -0.1) is 0 Å². The zero-order chi connectivity index (χ0) is 51.7. The molecule has 11 rings (SSSR count). The van der Waals surface area contributed by atoms with E-state index in [1.807, 2.05) is 38.1 Å². The van der Waals surface area contributed by atoms with Gasteiger partial charge in [0.1, 0.15) is 23.1 Å². The summed E-state index contributed by atoms with van der Waals surface area (Å²) in [6.07, 6.45) is 10.5. The first-order chi connectivity index (χ1) is 35.3. The molecule has 74 heavy (non-hydrogen) atoms. The number of H-pyrrole nitrogens is 1. The van der Waals surface area contributed by atoms with E-state index in [1.54, 1.807) is 12.3 Å². The van der Waals surface area contributed by atoms with E-state index in [1.165, 1.54) is 23.3 Å². The number of hydrogen-bond acceptors (Lipinski definition) is 14. The number of sulfonamides is 1. The van der Waals surface area contributed by atoms with E-state index >= 15 is 0 Å². The number of carbonyl (C=O) groups is 1. The molecular weight excluding hydrogens is 961 g/mol. The molecule has 0 radical (unpaired) electrons. The molecule has 1 spiro atoms. The average molecular weight is 1030 g/mol. The fourth-order valence-electron chi connectivity index (χ4n) is 13.1. The van der Waals surface area contributed by atoms with Crippen LogP contribution in [0, 0.1) is 21.4 Å². The van der Waals surface area contributed by atoms with Crippen molar-refractivity contribution in [2.24, 2.45) is 11.3 Å². The molecule has 394 valence electrons. The zero-order valence-electron chi connectivity index (χ0n) is 42.9. The molecule has 18 heteroatoms. The van der Waals surface area contributed by atoms with Gasteiger partial charge in [0.15, 0.2) is 0 Å². The normalized spacial score (nSPS) is 27.3. The molecule has 5 aromatic rings. The highest BCUT2D eigenvalue weighted by molar-refractivity contribution is 7.90. The number of nitrogens with zero attached hydrogens (tertiary/aromatic N) is 5. The second kappa shape index (κ2) is 19.4. The van der Waals surface area contributed by atoms with Crippen LogP contribution in [-0.2, 0) is 14.8 Å². The number of nitro groups is 1. The number of benzene rings is 3. The Kier molecular flexibility index (Phi) is 13.2. The number of nitro benzene ring substituents is 1. The Balaban J connectivity index is 0.868. The highest BCUT2D eigenvalue weighted by Crippen LogP contribution is 2.55. The quantitative estimate of drug-likeness (QED) is 0.0582. The molecule has 4 atom stereocenters. The van der Waals surface area contributed by atoms with Gasteiger partial charge in [-0.1, -0.05) is 38.1 Å². The standard InChI is InChI=1S/C56H70N8O9S/c1-35(2)41-7-5-6-8-42(41)45-15-20-55(4,67)34-62(45)39-30-56(31-39)21-24-61(25-22-56)38-9-11-43(47(28-38)63-46-17-26-72-33-50(46)73-53-49(63)27-37-16-23-57-51(37)59-53)52(65)60-74(70,71)40-10-12-44(48(29-40)64(68)69)58-32-36-13-18-54(3,66)19-14-36/h5-12,16,23,27-29,35-36,39,45-46,50,58,66-67H,13-15,17-22,24-26,30-34H2,1-4H3,(H,57,59)(H,60,65)/t36?,45-,46-,50-,54?,55-/m0/s1. The summed E-state index contributed by atoms with van der Waals surface area (Å²) < 4.78 is 43.1. The van der Waals surface area contributed by atoms with E-state index in [0.717, 1.165) is 81.6 Å². The Morgan fingerprint density at radius 1 is 0.932 bits per heavy atom. The predicted octanol–water partition coefficient (Wildman–Crippen LogP) is 9.09. The molecule has 4 aliphatic heterocycles. The van der Waals surface area contributed by atoms with Crippen molar-refractivity contribution in [3.8, 4) is 5.88 Å². The number of rotatable bonds is 12. The minimum Gasteiger partial charge on any atom is -0.468 e. The average Bonchev–Trinajstić information content (AvgIpc) is 3.83. The summed E-state index contributed by atoms with van der Waals surface area (Å²) in [6, 6.07) is 22.2. The summed E-state index contributed by atoms with van der Waals surface area (Å²) >= 11 is 0. The number of aromatic nitrogens is 2. The number of anilines is 4. The molecule has 0 bridgehead atoms. The Hall–Kier alpha value is -5.79. The molecule has 6 aliphatic rings. The maximum Gasteiger partial charge on any atom is 0.293 e. The minimum absolute atomic E-state index is 0.102. The maximum absolute atomic E-state index is 14.7. The summed E-state index contributed by atoms with van der Waals surface area (Å²) in [5.74, 6) is 0.0679. The van der Waals surface area contributed by atoms with Crippen molar-refractivity contribution < 1.29 is 37.8 Å². The number of carbonyl (C=O) groups excluding carboxylic acids is 1. The van der Waals surface area contributed by atoms with Crippen LogP contribution >= 0.6 is 0 Å². The summed E-state index contributed by atoms with van der Waals surface area (Å²) in [6.45, 7) is 11.7. The van der Waals surface area contributed by atoms with Gasteiger partial charge in [0.2, 0.25) is 5.88 Å². The number of hydrogen-bond donors (Lipinski definition) is 5. The van der Waals surface area contributed by atoms with E-state index in [-0.39, 0.29) is 34.7 Å². The molecule has 17 nitrogen and oxygen atoms in total. The fourth-order valence-corrected chi connectivity index (χ4v) is 14.1. The lowest BCUT2D eigenvalue weighted by Gasteiger charge is -2.59. The van der Waals surface area contributed by atoms with E-state index in [9.17, 15) is 33.5 Å². The number of aromatic amines is 1. The summed E-state index contributed by atoms with van der Waals surface area (Å²) in [4.78, 5) is 41.1. The van der Waals surface area contributed by atoms with Crippen LogP contribution in [0.15, 0.2) is 83.9 Å². The van der Waals surface area contributed by atoms with Crippen molar-refractivity contribution in [2.75, 3.05) is 54.5 Å². The molecule has 1 amide bonds. The lowest BCUT2D eigenvalue weighted by Crippen LogP contribution is -2.60. The number of likely N-dealkylation sites (tertiary alicyclic amines) is 1. The van der Waals surface area contributed by atoms with E-state index in [0.29, 0.717) is 80.4 Å². The van der Waals surface area contributed by atoms with Crippen molar-refractivity contribution in [2.45, 2.75) is 145 Å². The molecule has 3 aromatic carbocycles. The largest absolute Gasteiger partial charge is 0.468 e. The highest BCUT2D eigenvalue weighted by Gasteiger charge is 2.52. The predicted molar refractivity (Wildman–Crippen MR) is 284 cm³/mol. The summed E-state index contributed by atoms with van der Waals surface area (Å²) in [5.41, 5.74) is 3.99. The zero-order valence-corrected chi connectivity index (χ0v) is 43.7. The van der Waals surface area contributed by atoms with E-state index in [4.69, 9.17) is 14.5 Å². The number of piperidine rings is 2. The van der Waals surface area contributed by atoms with E-state index < -0.39 is 48.7 Å². The van der Waals surface area contributed by atoms with Gasteiger partial charge in [-0.05, 0) is 155 Å². The van der Waals surface area contributed by atoms with Crippen molar-refractivity contribution in [3.05, 3.63) is 106 Å². The van der Waals surface area contributed by atoms with Gasteiger partial charge in [-0.3, -0.25) is 19.8 Å². The summed E-state index contributed by atoms with van der Waals surface area (Å²) in [5, 5.41) is 38.2. The first-order valence-electron chi connectivity index (χ1n) is 26.6. The van der Waals surface area contributed by atoms with Crippen LogP contribution < -0.4 is 24.6 Å². The third-order valence-corrected chi connectivity index (χ3v) is 18.7. The Morgan fingerprint density at radius 3 is 2.45 bits per heavy atom. The van der Waals surface area contributed by atoms with Gasteiger partial charge in [0, 0.05) is 68.2 Å². The molecule has 6 heterocycles. The molecule has 5 N–H and O–H groups in total. The molecule has 0 unspecified atom stereocenters. The number of β-amino-alcohol motifs (C(OH)–C–C–N with tert-alkyl or cyclic N) is 1. The number of aliphatic hydroxyl groups is 2. The van der Waals surface area contributed by atoms with Gasteiger partial charge < -0.3 is 39.8 Å². The number of ether oxygens (including phenoxy) is 2. The smallest absolute Gasteiger partial charge is 0.293 e. The van der Waals surface area contributed by atoms with Crippen LogP contribution in [0.2, 0.25) is 0 Å². The fraction of sp³-hybridized carbons (Fsp3) is 0.536. The molecular formula is C56H70N8O9S. The molecule has 5 fully saturated rings. The number of nitrogens with one attached hydrogen (secondary N) is 3. The van der Waals surface area contributed by atoms with Crippen LogP contribution in [0.3, 0.4) is 0 Å². The number of pyridine rings is 1. The van der Waals surface area contributed by atoms with Gasteiger partial charge in [0.05, 0.1) is 44.9 Å². The lowest BCUT2D eigenvalue weighted by atomic mass is 9.59. The maximum atomic E-state index is 14.7. The highest BCUT2D eigenvalue weighted by atomic mass is 32.2. The second-order valence-electron chi connectivity index (χ2n) is 23.1. The second-order valence-corrected chi connectivity index (χ2v) is 24.8. The van der Waals surface area contributed by atoms with Gasteiger partial charge >= 0.3 is 0 Å². The van der Waals surface area contributed by atoms with E-state index in [2.05, 4.69) is 67.8 Å². The summed E-state index contributed by atoms with van der Waals surface area (Å²) in [7, 11) is -4.63. The van der Waals surface area contributed by atoms with Gasteiger partial charge in [-0.25, -0.2) is 13.1 Å². The van der Waals surface area contributed by atoms with Crippen LogP contribution in [-0.4, -0.2) is 113 Å². The first-order valence-corrected chi connectivity index (χ1v) is 28.1. The van der Waals surface area contributed by atoms with Crippen molar-refractivity contribution in [1.29, 1.82) is 0 Å². The molecule has 2 saturated carbocycles. The van der Waals surface area contributed by atoms with Crippen LogP contribution in [0.4, 0.5) is 28.4 Å². The van der Waals surface area contributed by atoms with Crippen LogP contribution in [0.1, 0.15) is 132 Å². The van der Waals surface area contributed by atoms with Gasteiger partial charge in [0.25, 0.3) is 21.6 Å². The molecule has 2 aromatic heterocycles. The van der Waals surface area contributed by atoms with Crippen LogP contribution in [0.5, 0.6) is 5.88 Å². The van der Waals surface area contributed by atoms with Crippen molar-refractivity contribution >= 4 is 55.4 Å². The monoisotopic (exact) mass is 1030 g/mol. The first kappa shape index (κ1) is 50.4. The number of amides is 1. The topological polar surface area (TPSA) is 216 Å². The molecule has 3 saturated heterocycles. The SMILES string of the molecule is CC(C)c1ccccc1[C@@H]1CC[C@](C)(O)CN1C1CC2(CCN(c3ccc(C(=O)NS(=O)(=O)c4ccc(NCC5CCC(C)(O)CC5)c([N+](=O)[O-])c4)c(N4c5cc6cc[nH]c6nc5O[C@H]5COCC[C@@H]54)c3)CC2)C1.